The predicted molar refractivity (Wildman–Crippen MR) is 79.0 cm³/mol. The Bertz CT molecular complexity index is 380. The van der Waals surface area contributed by atoms with Crippen LogP contribution in [-0.2, 0) is 21.7 Å². The SMILES string of the molecule is CCC1=CC[C-]=C1.CC[Si](C)c1ccccc1.[Cl-].[Cl-].[Cl-].[Ti+4]. The molecule has 0 spiro atoms. The van der Waals surface area contributed by atoms with E-state index >= 15 is 0 Å². The van der Waals surface area contributed by atoms with Crippen molar-refractivity contribution in [3.8, 4) is 0 Å². The normalized spacial score (nSPS) is 10.8. The van der Waals surface area contributed by atoms with E-state index in [9.17, 15) is 0 Å². The average molecular weight is 397 g/mol. The van der Waals surface area contributed by atoms with Gasteiger partial charge in [0, 0.05) is 0 Å². The third kappa shape index (κ3) is 12.7. The van der Waals surface area contributed by atoms with Crippen LogP contribution in [-0.4, -0.2) is 8.80 Å². The fraction of sp³-hybridized carbons (Fsp3) is 0.375. The molecule has 0 atom stereocenters. The smallest absolute Gasteiger partial charge is 1.00 e. The van der Waals surface area contributed by atoms with Gasteiger partial charge in [0.05, 0.1) is 8.80 Å². The molecule has 2 rings (SSSR count). The van der Waals surface area contributed by atoms with Crippen molar-refractivity contribution in [2.24, 2.45) is 0 Å². The Morgan fingerprint density at radius 3 is 1.95 bits per heavy atom. The fourth-order valence-electron chi connectivity index (χ4n) is 1.61. The zero-order valence-corrected chi connectivity index (χ0v) is 17.6. The van der Waals surface area contributed by atoms with Crippen LogP contribution in [0, 0.1) is 6.08 Å². The van der Waals surface area contributed by atoms with Crippen molar-refractivity contribution < 1.29 is 58.9 Å². The molecular weight excluding hydrogens is 374 g/mol. The standard InChI is InChI=1S/C9H13Si.C7H9.3ClH.Ti/c1-3-10(2)9-7-5-4-6-8-9;1-2-7-5-3-4-6-7;;;;/h4-8H,3H2,1-2H3;5-6H,2-3H2,1H3;3*1H;/q;-1;;;;+4/p-3. The first-order valence-electron chi connectivity index (χ1n) is 6.41. The number of halogens is 3. The minimum atomic E-state index is -0.207. The van der Waals surface area contributed by atoms with Gasteiger partial charge in [0.25, 0.3) is 0 Å². The van der Waals surface area contributed by atoms with Crippen LogP contribution in [0.1, 0.15) is 26.7 Å². The van der Waals surface area contributed by atoms with Crippen LogP contribution in [0.5, 0.6) is 0 Å². The van der Waals surface area contributed by atoms with Gasteiger partial charge in [-0.2, -0.15) is 6.08 Å². The molecule has 0 saturated heterocycles. The molecule has 1 aliphatic rings. The summed E-state index contributed by atoms with van der Waals surface area (Å²) in [6.45, 7) is 6.79. The maximum absolute atomic E-state index is 3.11. The van der Waals surface area contributed by atoms with Crippen molar-refractivity contribution in [3.05, 3.63) is 54.1 Å². The summed E-state index contributed by atoms with van der Waals surface area (Å²) < 4.78 is 0. The van der Waals surface area contributed by atoms with Crippen LogP contribution in [0.2, 0.25) is 12.6 Å². The summed E-state index contributed by atoms with van der Waals surface area (Å²) >= 11 is 0. The van der Waals surface area contributed by atoms with Crippen LogP contribution in [0.3, 0.4) is 0 Å². The van der Waals surface area contributed by atoms with Gasteiger partial charge in [-0.05, 0) is 0 Å². The van der Waals surface area contributed by atoms with E-state index in [4.69, 9.17) is 0 Å². The van der Waals surface area contributed by atoms with Gasteiger partial charge in [-0.15, -0.1) is 6.42 Å². The molecule has 0 aromatic heterocycles. The summed E-state index contributed by atoms with van der Waals surface area (Å²) in [6.07, 6.45) is 9.57. The number of benzene rings is 1. The molecule has 1 aliphatic carbocycles. The molecule has 0 aliphatic heterocycles. The molecule has 0 fully saturated rings. The van der Waals surface area contributed by atoms with Crippen molar-refractivity contribution in [1.82, 2.24) is 0 Å². The van der Waals surface area contributed by atoms with Crippen LogP contribution in [0.25, 0.3) is 0 Å². The zero-order chi connectivity index (χ0) is 12.5. The first-order chi connectivity index (χ1) is 8.27. The van der Waals surface area contributed by atoms with E-state index in [1.807, 2.05) is 0 Å². The van der Waals surface area contributed by atoms with Gasteiger partial charge in [0.1, 0.15) is 0 Å². The van der Waals surface area contributed by atoms with E-state index in [1.165, 1.54) is 11.6 Å². The molecule has 21 heavy (non-hydrogen) atoms. The summed E-state index contributed by atoms with van der Waals surface area (Å²) in [5.41, 5.74) is 1.43. The molecule has 0 heterocycles. The summed E-state index contributed by atoms with van der Waals surface area (Å²) in [4.78, 5) is 0. The molecule has 0 N–H and O–H groups in total. The monoisotopic (exact) mass is 395 g/mol. The molecular formula is C16H22Cl3SiTi. The van der Waals surface area contributed by atoms with E-state index in [0.717, 1.165) is 12.8 Å². The maximum Gasteiger partial charge on any atom is 4.00 e. The van der Waals surface area contributed by atoms with E-state index in [-0.39, 0.29) is 67.7 Å². The Hall–Kier alpha value is 0.501. The van der Waals surface area contributed by atoms with Gasteiger partial charge in [-0.3, -0.25) is 6.08 Å². The number of hydrogen-bond acceptors (Lipinski definition) is 0. The number of hydrogen-bond donors (Lipinski definition) is 0. The molecule has 1 radical (unpaired) electrons. The van der Waals surface area contributed by atoms with Gasteiger partial charge in [0.2, 0.25) is 0 Å². The van der Waals surface area contributed by atoms with E-state index in [2.05, 4.69) is 69.0 Å². The number of allylic oxidation sites excluding steroid dienone is 4. The van der Waals surface area contributed by atoms with Gasteiger partial charge in [0.15, 0.2) is 0 Å². The Morgan fingerprint density at radius 2 is 1.62 bits per heavy atom. The zero-order valence-electron chi connectivity index (χ0n) is 12.8. The van der Waals surface area contributed by atoms with Crippen LogP contribution in [0.4, 0.5) is 0 Å². The van der Waals surface area contributed by atoms with E-state index in [0.29, 0.717) is 0 Å². The second-order valence-corrected chi connectivity index (χ2v) is 7.03. The summed E-state index contributed by atoms with van der Waals surface area (Å²) in [6, 6.07) is 12.1. The third-order valence-corrected chi connectivity index (χ3v) is 5.35. The molecule has 0 unspecified atom stereocenters. The average Bonchev–Trinajstić information content (AvgIpc) is 2.93. The summed E-state index contributed by atoms with van der Waals surface area (Å²) in [7, 11) is -0.207. The molecule has 0 amide bonds. The minimum Gasteiger partial charge on any atom is -1.00 e. The third-order valence-electron chi connectivity index (χ3n) is 2.97. The molecule has 0 nitrogen and oxygen atoms in total. The fourth-order valence-corrected chi connectivity index (χ4v) is 2.78. The second-order valence-electron chi connectivity index (χ2n) is 4.19. The Balaban J connectivity index is -0.000000120. The van der Waals surface area contributed by atoms with E-state index in [1.54, 1.807) is 5.19 Å². The molecule has 5 heteroatoms. The van der Waals surface area contributed by atoms with Gasteiger partial charge in [-0.1, -0.05) is 68.4 Å². The van der Waals surface area contributed by atoms with Crippen molar-refractivity contribution in [2.45, 2.75) is 39.3 Å². The summed E-state index contributed by atoms with van der Waals surface area (Å²) in [5.74, 6) is 0. The molecule has 1 aromatic carbocycles. The quantitative estimate of drug-likeness (QED) is 0.355. The molecule has 115 valence electrons. The predicted octanol–water partition coefficient (Wildman–Crippen LogP) is -4.87. The Kier molecular flexibility index (Phi) is 26.1. The number of rotatable bonds is 3. The van der Waals surface area contributed by atoms with Crippen molar-refractivity contribution in [2.75, 3.05) is 0 Å². The van der Waals surface area contributed by atoms with Gasteiger partial charge >= 0.3 is 21.7 Å². The first-order valence-corrected chi connectivity index (χ1v) is 8.62. The van der Waals surface area contributed by atoms with Crippen molar-refractivity contribution in [1.29, 1.82) is 0 Å². The summed E-state index contributed by atoms with van der Waals surface area (Å²) in [5, 5.41) is 1.55. The topological polar surface area (TPSA) is 0 Å². The molecule has 0 bridgehead atoms. The van der Waals surface area contributed by atoms with Gasteiger partial charge in [-0.25, -0.2) is 11.6 Å². The first kappa shape index (κ1) is 29.5. The van der Waals surface area contributed by atoms with Crippen LogP contribution < -0.4 is 42.4 Å². The Morgan fingerprint density at radius 1 is 1.05 bits per heavy atom. The molecule has 1 aromatic rings. The molecule has 0 saturated carbocycles. The van der Waals surface area contributed by atoms with Crippen LogP contribution in [0.15, 0.2) is 48.1 Å². The second kappa shape index (κ2) is 18.5. The van der Waals surface area contributed by atoms with Crippen LogP contribution >= 0.6 is 0 Å². The van der Waals surface area contributed by atoms with E-state index < -0.39 is 0 Å². The minimum absolute atomic E-state index is 0. The largest absolute Gasteiger partial charge is 4.00 e. The van der Waals surface area contributed by atoms with Crippen molar-refractivity contribution >= 4 is 14.0 Å². The van der Waals surface area contributed by atoms with Gasteiger partial charge < -0.3 is 37.2 Å². The Labute approximate surface area is 165 Å². The van der Waals surface area contributed by atoms with Crippen molar-refractivity contribution in [3.63, 3.8) is 0 Å². The maximum atomic E-state index is 3.11.